The molecule has 1 aliphatic rings. The minimum atomic E-state index is -0.722. The van der Waals surface area contributed by atoms with Gasteiger partial charge in [-0.25, -0.2) is 0 Å². The molecule has 1 aliphatic carbocycles. The van der Waals surface area contributed by atoms with E-state index in [1.54, 1.807) is 0 Å². The molecule has 0 aromatic rings. The van der Waals surface area contributed by atoms with Crippen LogP contribution in [0.15, 0.2) is 0 Å². The zero-order chi connectivity index (χ0) is 14.5. The summed E-state index contributed by atoms with van der Waals surface area (Å²) in [6.07, 6.45) is 4.67. The predicted octanol–water partition coefficient (Wildman–Crippen LogP) is 2.41. The van der Waals surface area contributed by atoms with Crippen molar-refractivity contribution in [1.82, 2.24) is 5.32 Å². The molecular weight excluding hydrogens is 242 g/mol. The summed E-state index contributed by atoms with van der Waals surface area (Å²) in [5.74, 6) is -0.280. The van der Waals surface area contributed by atoms with E-state index in [1.807, 2.05) is 0 Å². The third-order valence-corrected chi connectivity index (χ3v) is 4.22. The molecule has 4 nitrogen and oxygen atoms in total. The number of carboxylic acids is 1. The first-order valence-corrected chi connectivity index (χ1v) is 7.51. The molecule has 0 heterocycles. The summed E-state index contributed by atoms with van der Waals surface area (Å²) in [6, 6.07) is 0.406. The van der Waals surface area contributed by atoms with Crippen molar-refractivity contribution in [3.05, 3.63) is 0 Å². The van der Waals surface area contributed by atoms with Gasteiger partial charge in [-0.15, -0.1) is 0 Å². The van der Waals surface area contributed by atoms with E-state index in [-0.39, 0.29) is 5.92 Å². The maximum absolute atomic E-state index is 10.9. The lowest BCUT2D eigenvalue weighted by Crippen LogP contribution is -2.46. The first-order chi connectivity index (χ1) is 8.82. The Labute approximate surface area is 116 Å². The monoisotopic (exact) mass is 271 g/mol. The Bertz CT molecular complexity index is 283. The van der Waals surface area contributed by atoms with Crippen molar-refractivity contribution in [2.24, 2.45) is 11.8 Å². The molecule has 1 fully saturated rings. The highest BCUT2D eigenvalue weighted by Gasteiger charge is 2.35. The van der Waals surface area contributed by atoms with Gasteiger partial charge in [-0.3, -0.25) is 4.79 Å². The van der Waals surface area contributed by atoms with E-state index in [1.165, 1.54) is 6.42 Å². The fourth-order valence-corrected chi connectivity index (χ4v) is 2.63. The molecule has 0 radical (unpaired) electrons. The average molecular weight is 271 g/mol. The summed E-state index contributed by atoms with van der Waals surface area (Å²) in [5.41, 5.74) is -0.710. The van der Waals surface area contributed by atoms with Crippen LogP contribution in [0, 0.1) is 11.8 Å². The number of nitrogens with one attached hydrogen (secondary N) is 1. The highest BCUT2D eigenvalue weighted by atomic mass is 16.4. The lowest BCUT2D eigenvalue weighted by Gasteiger charge is -2.35. The van der Waals surface area contributed by atoms with E-state index < -0.39 is 11.6 Å². The van der Waals surface area contributed by atoms with Crippen LogP contribution < -0.4 is 5.32 Å². The number of hydrogen-bond acceptors (Lipinski definition) is 3. The SMILES string of the molecule is CC(C)CCC(C)NCC1(O)CCC(C(=O)O)CC1. The van der Waals surface area contributed by atoms with Gasteiger partial charge in [-0.05, 0) is 51.4 Å². The normalized spacial score (nSPS) is 29.4. The van der Waals surface area contributed by atoms with Gasteiger partial charge in [0.1, 0.15) is 0 Å². The molecule has 1 saturated carbocycles. The lowest BCUT2D eigenvalue weighted by atomic mass is 9.78. The lowest BCUT2D eigenvalue weighted by molar-refractivity contribution is -0.144. The van der Waals surface area contributed by atoms with Crippen LogP contribution in [0.2, 0.25) is 0 Å². The summed E-state index contributed by atoms with van der Waals surface area (Å²) >= 11 is 0. The van der Waals surface area contributed by atoms with Gasteiger partial charge in [-0.2, -0.15) is 0 Å². The van der Waals surface area contributed by atoms with Gasteiger partial charge >= 0.3 is 5.97 Å². The summed E-state index contributed by atoms with van der Waals surface area (Å²) in [6.45, 7) is 7.16. The van der Waals surface area contributed by atoms with Gasteiger partial charge in [0.05, 0.1) is 11.5 Å². The molecule has 1 atom stereocenters. The highest BCUT2D eigenvalue weighted by Crippen LogP contribution is 2.31. The topological polar surface area (TPSA) is 69.6 Å². The van der Waals surface area contributed by atoms with Crippen LogP contribution in [-0.4, -0.2) is 34.4 Å². The Morgan fingerprint density at radius 3 is 2.32 bits per heavy atom. The van der Waals surface area contributed by atoms with Crippen LogP contribution in [0.5, 0.6) is 0 Å². The van der Waals surface area contributed by atoms with E-state index >= 15 is 0 Å². The smallest absolute Gasteiger partial charge is 0.306 e. The third kappa shape index (κ3) is 5.91. The van der Waals surface area contributed by atoms with Crippen LogP contribution in [-0.2, 0) is 4.79 Å². The molecule has 0 bridgehead atoms. The zero-order valence-corrected chi connectivity index (χ0v) is 12.5. The van der Waals surface area contributed by atoms with Crippen molar-refractivity contribution in [3.8, 4) is 0 Å². The van der Waals surface area contributed by atoms with Crippen molar-refractivity contribution in [1.29, 1.82) is 0 Å². The molecule has 0 aliphatic heterocycles. The van der Waals surface area contributed by atoms with E-state index in [9.17, 15) is 9.90 Å². The Kier molecular flexibility index (Phi) is 6.27. The molecule has 1 rings (SSSR count). The fourth-order valence-electron chi connectivity index (χ4n) is 2.63. The molecule has 0 amide bonds. The highest BCUT2D eigenvalue weighted by molar-refractivity contribution is 5.70. The molecule has 3 N–H and O–H groups in total. The summed E-state index contributed by atoms with van der Waals surface area (Å²) < 4.78 is 0. The fraction of sp³-hybridized carbons (Fsp3) is 0.933. The Morgan fingerprint density at radius 1 is 1.26 bits per heavy atom. The molecule has 4 heteroatoms. The first-order valence-electron chi connectivity index (χ1n) is 7.51. The van der Waals surface area contributed by atoms with Gasteiger partial charge < -0.3 is 15.5 Å². The average Bonchev–Trinajstić information content (AvgIpc) is 2.34. The van der Waals surface area contributed by atoms with Crippen molar-refractivity contribution < 1.29 is 15.0 Å². The number of hydrogen-bond donors (Lipinski definition) is 3. The zero-order valence-electron chi connectivity index (χ0n) is 12.5. The second-order valence-electron chi connectivity index (χ2n) is 6.59. The summed E-state index contributed by atoms with van der Waals surface area (Å²) in [4.78, 5) is 10.9. The molecular formula is C15H29NO3. The Balaban J connectivity index is 2.27. The van der Waals surface area contributed by atoms with Crippen molar-refractivity contribution in [2.75, 3.05) is 6.54 Å². The molecule has 0 saturated heterocycles. The molecule has 1 unspecified atom stereocenters. The molecule has 19 heavy (non-hydrogen) atoms. The van der Waals surface area contributed by atoms with Crippen molar-refractivity contribution in [2.45, 2.75) is 70.9 Å². The minimum absolute atomic E-state index is 0.265. The Morgan fingerprint density at radius 2 is 1.84 bits per heavy atom. The van der Waals surface area contributed by atoms with Crippen molar-refractivity contribution in [3.63, 3.8) is 0 Å². The summed E-state index contributed by atoms with van der Waals surface area (Å²) in [7, 11) is 0. The third-order valence-electron chi connectivity index (χ3n) is 4.22. The number of carbonyl (C=O) groups is 1. The predicted molar refractivity (Wildman–Crippen MR) is 76.1 cm³/mol. The summed E-state index contributed by atoms with van der Waals surface area (Å²) in [5, 5.41) is 22.8. The largest absolute Gasteiger partial charge is 0.481 e. The molecule has 112 valence electrons. The van der Waals surface area contributed by atoms with Crippen LogP contribution in [0.25, 0.3) is 0 Å². The van der Waals surface area contributed by atoms with E-state index in [0.29, 0.717) is 44.2 Å². The van der Waals surface area contributed by atoms with Gasteiger partial charge in [0.15, 0.2) is 0 Å². The van der Waals surface area contributed by atoms with E-state index in [0.717, 1.165) is 6.42 Å². The number of carboxylic acid groups (broad SMARTS) is 1. The van der Waals surface area contributed by atoms with Crippen LogP contribution >= 0.6 is 0 Å². The van der Waals surface area contributed by atoms with Gasteiger partial charge in [0.2, 0.25) is 0 Å². The second kappa shape index (κ2) is 7.25. The first kappa shape index (κ1) is 16.4. The van der Waals surface area contributed by atoms with E-state index in [4.69, 9.17) is 5.11 Å². The second-order valence-corrected chi connectivity index (χ2v) is 6.59. The quantitative estimate of drug-likeness (QED) is 0.665. The standard InChI is InChI=1S/C15H29NO3/c1-11(2)4-5-12(3)16-10-15(19)8-6-13(7-9-15)14(17)18/h11-13,16,19H,4-10H2,1-3H3,(H,17,18). The molecule has 0 aromatic heterocycles. The van der Waals surface area contributed by atoms with Gasteiger partial charge in [-0.1, -0.05) is 13.8 Å². The molecule has 0 spiro atoms. The minimum Gasteiger partial charge on any atom is -0.481 e. The van der Waals surface area contributed by atoms with Crippen molar-refractivity contribution >= 4 is 5.97 Å². The Hall–Kier alpha value is -0.610. The van der Waals surface area contributed by atoms with Crippen LogP contribution in [0.1, 0.15) is 59.3 Å². The number of aliphatic carboxylic acids is 1. The van der Waals surface area contributed by atoms with Crippen LogP contribution in [0.3, 0.4) is 0 Å². The van der Waals surface area contributed by atoms with Gasteiger partial charge in [0, 0.05) is 12.6 Å². The number of rotatable bonds is 7. The van der Waals surface area contributed by atoms with Crippen LogP contribution in [0.4, 0.5) is 0 Å². The maximum Gasteiger partial charge on any atom is 0.306 e. The number of aliphatic hydroxyl groups is 1. The molecule has 0 aromatic carbocycles. The van der Waals surface area contributed by atoms with Gasteiger partial charge in [0.25, 0.3) is 0 Å². The maximum atomic E-state index is 10.9. The van der Waals surface area contributed by atoms with E-state index in [2.05, 4.69) is 26.1 Å².